The fraction of sp³-hybridized carbons (Fsp3) is 0.636. The average Bonchev–Trinajstić information content (AvgIpc) is 2.75. The zero-order valence-corrected chi connectivity index (χ0v) is 10.7. The van der Waals surface area contributed by atoms with Gasteiger partial charge in [-0.15, -0.1) is 11.3 Å². The summed E-state index contributed by atoms with van der Waals surface area (Å²) in [6, 6.07) is 3.09. The molecule has 1 aliphatic rings. The number of halogens is 1. The molecule has 2 atom stereocenters. The van der Waals surface area contributed by atoms with Crippen LogP contribution in [0.4, 0.5) is 0 Å². The van der Waals surface area contributed by atoms with Gasteiger partial charge in [0.2, 0.25) is 0 Å². The smallest absolute Gasteiger partial charge is 0.0931 e. The minimum absolute atomic E-state index is 0.408. The van der Waals surface area contributed by atoms with E-state index in [-0.39, 0.29) is 0 Å². The highest BCUT2D eigenvalue weighted by molar-refractivity contribution is 7.14. The second kappa shape index (κ2) is 4.83. The van der Waals surface area contributed by atoms with Gasteiger partial charge in [-0.1, -0.05) is 11.6 Å². The van der Waals surface area contributed by atoms with Crippen LogP contribution in [0.5, 0.6) is 0 Å². The predicted molar refractivity (Wildman–Crippen MR) is 66.8 cm³/mol. The van der Waals surface area contributed by atoms with Gasteiger partial charge < -0.3 is 10.2 Å². The van der Waals surface area contributed by atoms with E-state index in [0.717, 1.165) is 10.9 Å². The van der Waals surface area contributed by atoms with Crippen molar-refractivity contribution in [2.75, 3.05) is 20.1 Å². The lowest BCUT2D eigenvalue weighted by Gasteiger charge is -2.18. The second-order valence-electron chi connectivity index (χ2n) is 4.32. The predicted octanol–water partition coefficient (Wildman–Crippen LogP) is 2.76. The Morgan fingerprint density at radius 2 is 2.47 bits per heavy atom. The van der Waals surface area contributed by atoms with Crippen molar-refractivity contribution >= 4 is 22.9 Å². The van der Waals surface area contributed by atoms with Gasteiger partial charge >= 0.3 is 0 Å². The molecular weight excluding hydrogens is 228 g/mol. The van der Waals surface area contributed by atoms with E-state index in [9.17, 15) is 0 Å². The van der Waals surface area contributed by atoms with Crippen molar-refractivity contribution < 1.29 is 0 Å². The van der Waals surface area contributed by atoms with Crippen LogP contribution in [-0.4, -0.2) is 31.1 Å². The van der Waals surface area contributed by atoms with E-state index in [0.29, 0.717) is 12.1 Å². The molecule has 2 unspecified atom stereocenters. The van der Waals surface area contributed by atoms with Crippen LogP contribution < -0.4 is 5.32 Å². The van der Waals surface area contributed by atoms with E-state index in [1.807, 2.05) is 0 Å². The summed E-state index contributed by atoms with van der Waals surface area (Å²) in [6.07, 6.45) is 1.25. The molecule has 1 aromatic heterocycles. The standard InChI is InChI=1S/C11H17ClN2S/c1-8(9-5-11(12)15-7-9)13-10-3-4-14(2)6-10/h5,7-8,10,13H,3-4,6H2,1-2H3. The van der Waals surface area contributed by atoms with Gasteiger partial charge in [0.1, 0.15) is 0 Å². The SMILES string of the molecule is CC(NC1CCN(C)C1)c1csc(Cl)c1. The summed E-state index contributed by atoms with van der Waals surface area (Å²) in [7, 11) is 2.17. The number of nitrogens with zero attached hydrogens (tertiary/aromatic N) is 1. The van der Waals surface area contributed by atoms with Crippen molar-refractivity contribution in [2.24, 2.45) is 0 Å². The number of thiophene rings is 1. The fourth-order valence-corrected chi connectivity index (χ4v) is 3.06. The first kappa shape index (κ1) is 11.4. The van der Waals surface area contributed by atoms with E-state index in [2.05, 4.69) is 35.6 Å². The Labute approximate surface area is 100 Å². The molecule has 0 aromatic carbocycles. The molecule has 2 heterocycles. The largest absolute Gasteiger partial charge is 0.306 e. The number of nitrogens with one attached hydrogen (secondary N) is 1. The van der Waals surface area contributed by atoms with Gasteiger partial charge in [0.15, 0.2) is 0 Å². The minimum Gasteiger partial charge on any atom is -0.306 e. The summed E-state index contributed by atoms with van der Waals surface area (Å²) in [4.78, 5) is 2.37. The highest BCUT2D eigenvalue weighted by Gasteiger charge is 2.21. The first-order valence-electron chi connectivity index (χ1n) is 5.33. The summed E-state index contributed by atoms with van der Waals surface area (Å²) in [5, 5.41) is 5.78. The third-order valence-corrected chi connectivity index (χ3v) is 4.07. The lowest BCUT2D eigenvalue weighted by molar-refractivity contribution is 0.387. The molecule has 0 amide bonds. The van der Waals surface area contributed by atoms with Gasteiger partial charge in [-0.05, 0) is 43.9 Å². The molecule has 1 fully saturated rings. The molecule has 0 radical (unpaired) electrons. The zero-order valence-electron chi connectivity index (χ0n) is 9.16. The summed E-state index contributed by atoms with van der Waals surface area (Å²) in [5.74, 6) is 0. The lowest BCUT2D eigenvalue weighted by Crippen LogP contribution is -2.33. The summed E-state index contributed by atoms with van der Waals surface area (Å²) in [6.45, 7) is 4.56. The van der Waals surface area contributed by atoms with Crippen LogP contribution in [0.3, 0.4) is 0 Å². The molecular formula is C11H17ClN2S. The highest BCUT2D eigenvalue weighted by atomic mass is 35.5. The highest BCUT2D eigenvalue weighted by Crippen LogP contribution is 2.25. The van der Waals surface area contributed by atoms with Gasteiger partial charge in [0.05, 0.1) is 4.34 Å². The monoisotopic (exact) mass is 244 g/mol. The molecule has 4 heteroatoms. The van der Waals surface area contributed by atoms with Crippen molar-refractivity contribution in [2.45, 2.75) is 25.4 Å². The van der Waals surface area contributed by atoms with E-state index in [1.54, 1.807) is 11.3 Å². The molecule has 0 aliphatic carbocycles. The molecule has 1 saturated heterocycles. The van der Waals surface area contributed by atoms with E-state index in [1.165, 1.54) is 18.5 Å². The van der Waals surface area contributed by atoms with E-state index in [4.69, 9.17) is 11.6 Å². The average molecular weight is 245 g/mol. The molecule has 2 nitrogen and oxygen atoms in total. The van der Waals surface area contributed by atoms with Crippen LogP contribution in [-0.2, 0) is 0 Å². The van der Waals surface area contributed by atoms with Gasteiger partial charge in [-0.2, -0.15) is 0 Å². The molecule has 0 spiro atoms. The van der Waals surface area contributed by atoms with Gasteiger partial charge in [0.25, 0.3) is 0 Å². The zero-order chi connectivity index (χ0) is 10.8. The van der Waals surface area contributed by atoms with Crippen molar-refractivity contribution in [3.8, 4) is 0 Å². The minimum atomic E-state index is 0.408. The van der Waals surface area contributed by atoms with Crippen molar-refractivity contribution in [3.05, 3.63) is 21.3 Å². The molecule has 15 heavy (non-hydrogen) atoms. The number of likely N-dealkylation sites (N-methyl/N-ethyl adjacent to an activating group) is 1. The molecule has 1 aliphatic heterocycles. The summed E-state index contributed by atoms with van der Waals surface area (Å²) in [5.41, 5.74) is 1.31. The summed E-state index contributed by atoms with van der Waals surface area (Å²) >= 11 is 7.53. The Morgan fingerprint density at radius 1 is 1.67 bits per heavy atom. The van der Waals surface area contributed by atoms with Crippen LogP contribution >= 0.6 is 22.9 Å². The van der Waals surface area contributed by atoms with Crippen molar-refractivity contribution in [1.29, 1.82) is 0 Å². The number of hydrogen-bond acceptors (Lipinski definition) is 3. The number of hydrogen-bond donors (Lipinski definition) is 1. The fourth-order valence-electron chi connectivity index (χ4n) is 2.07. The third-order valence-electron chi connectivity index (χ3n) is 2.96. The van der Waals surface area contributed by atoms with Crippen LogP contribution in [0.15, 0.2) is 11.4 Å². The normalized spacial score (nSPS) is 24.6. The summed E-state index contributed by atoms with van der Waals surface area (Å²) < 4.78 is 0.877. The molecule has 1 aromatic rings. The van der Waals surface area contributed by atoms with E-state index < -0.39 is 0 Å². The lowest BCUT2D eigenvalue weighted by atomic mass is 10.1. The Balaban J connectivity index is 1.89. The Bertz CT molecular complexity index is 326. The molecule has 84 valence electrons. The van der Waals surface area contributed by atoms with E-state index >= 15 is 0 Å². The first-order valence-corrected chi connectivity index (χ1v) is 6.59. The van der Waals surface area contributed by atoms with Crippen LogP contribution in [0, 0.1) is 0 Å². The van der Waals surface area contributed by atoms with Crippen LogP contribution in [0.25, 0.3) is 0 Å². The quantitative estimate of drug-likeness (QED) is 0.880. The molecule has 1 N–H and O–H groups in total. The van der Waals surface area contributed by atoms with Crippen LogP contribution in [0.1, 0.15) is 24.9 Å². The van der Waals surface area contributed by atoms with Crippen LogP contribution in [0.2, 0.25) is 4.34 Å². The Morgan fingerprint density at radius 3 is 3.00 bits per heavy atom. The maximum Gasteiger partial charge on any atom is 0.0931 e. The molecule has 0 saturated carbocycles. The topological polar surface area (TPSA) is 15.3 Å². The maximum atomic E-state index is 5.93. The van der Waals surface area contributed by atoms with Gasteiger partial charge in [0, 0.05) is 18.6 Å². The molecule has 0 bridgehead atoms. The third kappa shape index (κ3) is 2.94. The number of rotatable bonds is 3. The number of likely N-dealkylation sites (tertiary alicyclic amines) is 1. The Kier molecular flexibility index (Phi) is 3.67. The Hall–Kier alpha value is -0.0900. The van der Waals surface area contributed by atoms with Crippen molar-refractivity contribution in [1.82, 2.24) is 10.2 Å². The molecule has 2 rings (SSSR count). The first-order chi connectivity index (χ1) is 7.15. The second-order valence-corrected chi connectivity index (χ2v) is 5.86. The maximum absolute atomic E-state index is 5.93. The van der Waals surface area contributed by atoms with Gasteiger partial charge in [-0.3, -0.25) is 0 Å². The van der Waals surface area contributed by atoms with Crippen molar-refractivity contribution in [3.63, 3.8) is 0 Å². The van der Waals surface area contributed by atoms with Gasteiger partial charge in [-0.25, -0.2) is 0 Å².